The van der Waals surface area contributed by atoms with Gasteiger partial charge >= 0.3 is 0 Å². The summed E-state index contributed by atoms with van der Waals surface area (Å²) >= 11 is 0. The molecular weight excluding hydrogens is 224 g/mol. The zero-order chi connectivity index (χ0) is 13.3. The van der Waals surface area contributed by atoms with Gasteiger partial charge in [0.2, 0.25) is 0 Å². The average molecular weight is 254 g/mol. The van der Waals surface area contributed by atoms with Crippen molar-refractivity contribution in [3.8, 4) is 0 Å². The van der Waals surface area contributed by atoms with Gasteiger partial charge < -0.3 is 10.1 Å². The van der Waals surface area contributed by atoms with Crippen LogP contribution in [0.15, 0.2) is 0 Å². The lowest BCUT2D eigenvalue weighted by Gasteiger charge is -2.49. The van der Waals surface area contributed by atoms with E-state index in [0.717, 1.165) is 12.5 Å². The van der Waals surface area contributed by atoms with Crippen molar-refractivity contribution in [2.75, 3.05) is 20.2 Å². The summed E-state index contributed by atoms with van der Waals surface area (Å²) in [5.41, 5.74) is 0.0612. The molecule has 0 spiro atoms. The first-order valence-electron chi connectivity index (χ1n) is 7.51. The van der Waals surface area contributed by atoms with Crippen molar-refractivity contribution in [1.82, 2.24) is 10.2 Å². The van der Waals surface area contributed by atoms with E-state index in [1.165, 1.54) is 25.8 Å². The normalized spacial score (nSPS) is 41.8. The predicted octanol–water partition coefficient (Wildman–Crippen LogP) is 2.26. The second kappa shape index (κ2) is 5.48. The average Bonchev–Trinajstić information content (AvgIpc) is 2.31. The molecule has 0 aromatic carbocycles. The van der Waals surface area contributed by atoms with Crippen LogP contribution in [0.2, 0.25) is 0 Å². The molecule has 0 aliphatic carbocycles. The summed E-state index contributed by atoms with van der Waals surface area (Å²) in [7, 11) is 2.10. The minimum absolute atomic E-state index is 0.0612. The van der Waals surface area contributed by atoms with E-state index in [0.29, 0.717) is 18.1 Å². The van der Waals surface area contributed by atoms with Crippen LogP contribution in [-0.4, -0.2) is 48.8 Å². The molecule has 0 aromatic rings. The zero-order valence-corrected chi connectivity index (χ0v) is 12.7. The van der Waals surface area contributed by atoms with Gasteiger partial charge in [-0.25, -0.2) is 0 Å². The van der Waals surface area contributed by atoms with Gasteiger partial charge in [-0.3, -0.25) is 4.90 Å². The first-order chi connectivity index (χ1) is 8.44. The van der Waals surface area contributed by atoms with E-state index in [1.54, 1.807) is 0 Å². The topological polar surface area (TPSA) is 24.5 Å². The molecule has 2 saturated heterocycles. The molecule has 0 amide bonds. The van der Waals surface area contributed by atoms with E-state index in [-0.39, 0.29) is 5.60 Å². The van der Waals surface area contributed by atoms with E-state index in [4.69, 9.17) is 4.74 Å². The van der Waals surface area contributed by atoms with Gasteiger partial charge in [-0.05, 0) is 53.0 Å². The summed E-state index contributed by atoms with van der Waals surface area (Å²) in [5, 5.41) is 3.47. The van der Waals surface area contributed by atoms with E-state index in [2.05, 4.69) is 45.0 Å². The summed E-state index contributed by atoms with van der Waals surface area (Å²) in [6.45, 7) is 11.4. The molecular formula is C15H30N2O. The highest BCUT2D eigenvalue weighted by Gasteiger charge is 2.39. The Morgan fingerprint density at radius 3 is 2.56 bits per heavy atom. The second-order valence-electron chi connectivity index (χ2n) is 6.78. The number of ether oxygens (including phenoxy) is 1. The molecule has 2 heterocycles. The number of rotatable bonds is 2. The maximum absolute atomic E-state index is 5.85. The number of hydrogen-bond donors (Lipinski definition) is 1. The van der Waals surface area contributed by atoms with Gasteiger partial charge in [0.1, 0.15) is 0 Å². The van der Waals surface area contributed by atoms with E-state index < -0.39 is 0 Å². The summed E-state index contributed by atoms with van der Waals surface area (Å²) in [6.07, 6.45) is 3.65. The molecule has 2 aliphatic heterocycles. The van der Waals surface area contributed by atoms with Gasteiger partial charge in [-0.2, -0.15) is 0 Å². The summed E-state index contributed by atoms with van der Waals surface area (Å²) in [4.78, 5) is 2.74. The van der Waals surface area contributed by atoms with Crippen molar-refractivity contribution in [3.05, 3.63) is 0 Å². The van der Waals surface area contributed by atoms with Gasteiger partial charge in [-0.15, -0.1) is 0 Å². The predicted molar refractivity (Wildman–Crippen MR) is 75.8 cm³/mol. The minimum Gasteiger partial charge on any atom is -0.375 e. The van der Waals surface area contributed by atoms with Crippen LogP contribution in [0, 0.1) is 5.92 Å². The Bertz CT molecular complexity index is 280. The standard InChI is InChI=1S/C15H30N2O/c1-11-12(2)17(8-6-14(11)16-5)13-7-9-18-15(3,4)10-13/h11-14,16H,6-10H2,1-5H3. The van der Waals surface area contributed by atoms with Crippen molar-refractivity contribution in [3.63, 3.8) is 0 Å². The Hall–Kier alpha value is -0.120. The van der Waals surface area contributed by atoms with Crippen LogP contribution < -0.4 is 5.32 Å². The Kier molecular flexibility index (Phi) is 4.35. The maximum Gasteiger partial charge on any atom is 0.0641 e. The summed E-state index contributed by atoms with van der Waals surface area (Å²) < 4.78 is 5.85. The summed E-state index contributed by atoms with van der Waals surface area (Å²) in [5.74, 6) is 0.731. The Morgan fingerprint density at radius 2 is 1.94 bits per heavy atom. The fourth-order valence-corrected chi connectivity index (χ4v) is 3.80. The van der Waals surface area contributed by atoms with Gasteiger partial charge in [0.25, 0.3) is 0 Å². The molecule has 0 saturated carbocycles. The summed E-state index contributed by atoms with van der Waals surface area (Å²) in [6, 6.07) is 2.07. The highest BCUT2D eigenvalue weighted by molar-refractivity contribution is 4.94. The lowest BCUT2D eigenvalue weighted by molar-refractivity contribution is -0.0974. The third-order valence-electron chi connectivity index (χ3n) is 5.13. The van der Waals surface area contributed by atoms with Crippen molar-refractivity contribution in [1.29, 1.82) is 0 Å². The van der Waals surface area contributed by atoms with Crippen LogP contribution in [0.1, 0.15) is 47.0 Å². The molecule has 1 N–H and O–H groups in total. The molecule has 106 valence electrons. The lowest BCUT2D eigenvalue weighted by atomic mass is 9.83. The Balaban J connectivity index is 2.01. The largest absolute Gasteiger partial charge is 0.375 e. The molecule has 0 radical (unpaired) electrons. The molecule has 2 fully saturated rings. The minimum atomic E-state index is 0.0612. The molecule has 0 bridgehead atoms. The van der Waals surface area contributed by atoms with Crippen LogP contribution >= 0.6 is 0 Å². The van der Waals surface area contributed by atoms with Crippen molar-refractivity contribution in [2.45, 2.75) is 70.7 Å². The van der Waals surface area contributed by atoms with E-state index in [9.17, 15) is 0 Å². The second-order valence-corrected chi connectivity index (χ2v) is 6.78. The maximum atomic E-state index is 5.85. The van der Waals surface area contributed by atoms with Crippen LogP contribution in [0.5, 0.6) is 0 Å². The van der Waals surface area contributed by atoms with Crippen LogP contribution in [0.3, 0.4) is 0 Å². The van der Waals surface area contributed by atoms with E-state index in [1.807, 2.05) is 0 Å². The van der Waals surface area contributed by atoms with Crippen molar-refractivity contribution in [2.24, 2.45) is 5.92 Å². The zero-order valence-electron chi connectivity index (χ0n) is 12.7. The molecule has 18 heavy (non-hydrogen) atoms. The molecule has 4 unspecified atom stereocenters. The fourth-order valence-electron chi connectivity index (χ4n) is 3.80. The number of hydrogen-bond acceptors (Lipinski definition) is 3. The molecule has 2 aliphatic rings. The van der Waals surface area contributed by atoms with Crippen LogP contribution in [0.4, 0.5) is 0 Å². The molecule has 3 nitrogen and oxygen atoms in total. The van der Waals surface area contributed by atoms with Crippen molar-refractivity contribution < 1.29 is 4.74 Å². The van der Waals surface area contributed by atoms with Gasteiger partial charge in [-0.1, -0.05) is 6.92 Å². The monoisotopic (exact) mass is 254 g/mol. The number of nitrogens with zero attached hydrogens (tertiary/aromatic N) is 1. The number of piperidine rings is 1. The first-order valence-corrected chi connectivity index (χ1v) is 7.51. The van der Waals surface area contributed by atoms with Gasteiger partial charge in [0, 0.05) is 31.3 Å². The SMILES string of the molecule is CNC1CCN(C2CCOC(C)(C)C2)C(C)C1C. The molecule has 3 heteroatoms. The Morgan fingerprint density at radius 1 is 1.22 bits per heavy atom. The van der Waals surface area contributed by atoms with Crippen molar-refractivity contribution >= 4 is 0 Å². The third kappa shape index (κ3) is 2.89. The number of likely N-dealkylation sites (tertiary alicyclic amines) is 1. The first kappa shape index (κ1) is 14.3. The van der Waals surface area contributed by atoms with Crippen LogP contribution in [-0.2, 0) is 4.74 Å². The molecule has 4 atom stereocenters. The van der Waals surface area contributed by atoms with Crippen LogP contribution in [0.25, 0.3) is 0 Å². The highest BCUT2D eigenvalue weighted by Crippen LogP contribution is 2.33. The molecule has 2 rings (SSSR count). The fraction of sp³-hybridized carbons (Fsp3) is 1.00. The highest BCUT2D eigenvalue weighted by atomic mass is 16.5. The van der Waals surface area contributed by atoms with Gasteiger partial charge in [0.15, 0.2) is 0 Å². The van der Waals surface area contributed by atoms with Gasteiger partial charge in [0.05, 0.1) is 5.60 Å². The smallest absolute Gasteiger partial charge is 0.0641 e. The van der Waals surface area contributed by atoms with E-state index >= 15 is 0 Å². The lowest BCUT2D eigenvalue weighted by Crippen LogP contribution is -2.58. The number of nitrogens with one attached hydrogen (secondary N) is 1. The Labute approximate surface area is 112 Å². The quantitative estimate of drug-likeness (QED) is 0.818. The molecule has 0 aromatic heterocycles. The third-order valence-corrected chi connectivity index (χ3v) is 5.13.